The number of ether oxygens (including phenoxy) is 3. The molecule has 0 aliphatic carbocycles. The first-order valence-electron chi connectivity index (χ1n) is 12.1. The molecule has 1 saturated heterocycles. The van der Waals surface area contributed by atoms with Crippen LogP contribution in [0.2, 0.25) is 0 Å². The van der Waals surface area contributed by atoms with Gasteiger partial charge in [-0.3, -0.25) is 4.90 Å². The minimum Gasteiger partial charge on any atom is -0.454 e. The van der Waals surface area contributed by atoms with E-state index in [4.69, 9.17) is 19.2 Å². The predicted molar refractivity (Wildman–Crippen MR) is 127 cm³/mol. The van der Waals surface area contributed by atoms with Crippen molar-refractivity contribution in [1.29, 1.82) is 0 Å². The molecule has 0 spiro atoms. The van der Waals surface area contributed by atoms with Crippen LogP contribution in [-0.2, 0) is 24.4 Å². The summed E-state index contributed by atoms with van der Waals surface area (Å²) < 4.78 is 19.4. The van der Waals surface area contributed by atoms with Crippen LogP contribution < -0.4 is 9.47 Å². The molecule has 0 bridgehead atoms. The summed E-state index contributed by atoms with van der Waals surface area (Å²) in [5.74, 6) is 3.57. The van der Waals surface area contributed by atoms with Gasteiger partial charge >= 0.3 is 0 Å². The van der Waals surface area contributed by atoms with E-state index in [-0.39, 0.29) is 0 Å². The second-order valence-electron chi connectivity index (χ2n) is 8.93. The summed E-state index contributed by atoms with van der Waals surface area (Å²) in [6.07, 6.45) is 8.55. The predicted octanol–water partition coefficient (Wildman–Crippen LogP) is 4.99. The molecule has 3 heterocycles. The van der Waals surface area contributed by atoms with Crippen molar-refractivity contribution >= 4 is 0 Å². The van der Waals surface area contributed by atoms with Gasteiger partial charge in [-0.15, -0.1) is 0 Å². The molecular formula is C27H33N3O3. The number of unbranched alkanes of at least 4 members (excludes halogenated alkanes) is 1. The number of rotatable bonds is 10. The topological polar surface area (TPSA) is 48.8 Å². The third kappa shape index (κ3) is 5.57. The van der Waals surface area contributed by atoms with Crippen molar-refractivity contribution in [3.05, 3.63) is 77.9 Å². The number of piperidine rings is 1. The fourth-order valence-electron chi connectivity index (χ4n) is 4.83. The number of aryl methyl sites for hydroxylation is 1. The fourth-order valence-corrected chi connectivity index (χ4v) is 4.83. The van der Waals surface area contributed by atoms with Crippen LogP contribution in [0.25, 0.3) is 0 Å². The molecule has 0 unspecified atom stereocenters. The zero-order valence-electron chi connectivity index (χ0n) is 19.2. The highest BCUT2D eigenvalue weighted by atomic mass is 16.7. The van der Waals surface area contributed by atoms with Crippen LogP contribution in [0.1, 0.15) is 48.6 Å². The summed E-state index contributed by atoms with van der Waals surface area (Å²) in [6.45, 7) is 5.91. The van der Waals surface area contributed by atoms with E-state index in [9.17, 15) is 0 Å². The van der Waals surface area contributed by atoms with Crippen molar-refractivity contribution < 1.29 is 14.2 Å². The van der Waals surface area contributed by atoms with Crippen LogP contribution in [0.3, 0.4) is 0 Å². The average Bonchev–Trinajstić information content (AvgIpc) is 3.53. The monoisotopic (exact) mass is 447 g/mol. The van der Waals surface area contributed by atoms with Crippen molar-refractivity contribution in [3.63, 3.8) is 0 Å². The Balaban J connectivity index is 1.05. The molecule has 3 aromatic rings. The summed E-state index contributed by atoms with van der Waals surface area (Å²) in [5.41, 5.74) is 2.46. The second-order valence-corrected chi connectivity index (χ2v) is 8.93. The minimum absolute atomic E-state index is 0.330. The third-order valence-electron chi connectivity index (χ3n) is 6.62. The van der Waals surface area contributed by atoms with Crippen molar-refractivity contribution in [1.82, 2.24) is 14.5 Å². The third-order valence-corrected chi connectivity index (χ3v) is 6.62. The van der Waals surface area contributed by atoms with Gasteiger partial charge in [0.25, 0.3) is 0 Å². The molecule has 174 valence electrons. The highest BCUT2D eigenvalue weighted by Crippen LogP contribution is 2.37. The first-order valence-corrected chi connectivity index (χ1v) is 12.1. The summed E-state index contributed by atoms with van der Waals surface area (Å²) in [6, 6.07) is 16.5. The van der Waals surface area contributed by atoms with Crippen molar-refractivity contribution in [3.8, 4) is 11.5 Å². The lowest BCUT2D eigenvalue weighted by Crippen LogP contribution is -2.33. The number of benzene rings is 2. The van der Waals surface area contributed by atoms with Gasteiger partial charge in [-0.2, -0.15) is 0 Å². The van der Waals surface area contributed by atoms with E-state index in [0.29, 0.717) is 19.3 Å². The zero-order valence-corrected chi connectivity index (χ0v) is 19.2. The lowest BCUT2D eigenvalue weighted by atomic mass is 9.95. The Labute approximate surface area is 196 Å². The second kappa shape index (κ2) is 10.9. The Morgan fingerprint density at radius 3 is 2.73 bits per heavy atom. The van der Waals surface area contributed by atoms with Gasteiger partial charge in [0.1, 0.15) is 5.82 Å². The van der Waals surface area contributed by atoms with Crippen LogP contribution in [-0.4, -0.2) is 40.9 Å². The van der Waals surface area contributed by atoms with Crippen LogP contribution in [0.4, 0.5) is 0 Å². The number of para-hydroxylation sites is 1. The smallest absolute Gasteiger partial charge is 0.231 e. The summed E-state index contributed by atoms with van der Waals surface area (Å²) in [7, 11) is 0. The molecule has 2 aliphatic heterocycles. The van der Waals surface area contributed by atoms with E-state index in [1.807, 2.05) is 18.3 Å². The molecule has 0 saturated carbocycles. The Morgan fingerprint density at radius 2 is 1.85 bits per heavy atom. The van der Waals surface area contributed by atoms with Crippen molar-refractivity contribution in [2.24, 2.45) is 0 Å². The lowest BCUT2D eigenvalue weighted by molar-refractivity contribution is 0.116. The molecule has 33 heavy (non-hydrogen) atoms. The quantitative estimate of drug-likeness (QED) is 0.410. The van der Waals surface area contributed by atoms with Crippen LogP contribution in [0.5, 0.6) is 11.5 Å². The molecule has 1 aromatic heterocycles. The van der Waals surface area contributed by atoms with Gasteiger partial charge in [0.15, 0.2) is 11.5 Å². The van der Waals surface area contributed by atoms with E-state index in [2.05, 4.69) is 52.1 Å². The van der Waals surface area contributed by atoms with E-state index in [0.717, 1.165) is 70.0 Å². The highest BCUT2D eigenvalue weighted by Gasteiger charge is 2.25. The van der Waals surface area contributed by atoms with Gasteiger partial charge < -0.3 is 18.8 Å². The summed E-state index contributed by atoms with van der Waals surface area (Å²) in [4.78, 5) is 7.25. The molecule has 0 N–H and O–H groups in total. The molecular weight excluding hydrogens is 414 g/mol. The first kappa shape index (κ1) is 22.0. The maximum atomic E-state index is 5.83. The van der Waals surface area contributed by atoms with Gasteiger partial charge in [-0.25, -0.2) is 4.98 Å². The van der Waals surface area contributed by atoms with E-state index in [1.54, 1.807) is 0 Å². The average molecular weight is 448 g/mol. The number of fused-ring (bicyclic) bond motifs is 1. The Hall–Kier alpha value is -2.83. The molecule has 0 amide bonds. The Kier molecular flexibility index (Phi) is 7.23. The normalized spacial score (nSPS) is 16.4. The molecule has 2 aromatic carbocycles. The van der Waals surface area contributed by atoms with Gasteiger partial charge in [0.05, 0.1) is 6.61 Å². The van der Waals surface area contributed by atoms with Crippen molar-refractivity contribution in [2.45, 2.75) is 51.3 Å². The van der Waals surface area contributed by atoms with Gasteiger partial charge in [0.2, 0.25) is 6.79 Å². The molecule has 0 radical (unpaired) electrons. The maximum Gasteiger partial charge on any atom is 0.231 e. The van der Waals surface area contributed by atoms with Gasteiger partial charge in [0, 0.05) is 43.6 Å². The zero-order chi connectivity index (χ0) is 22.3. The fraction of sp³-hybridized carbons (Fsp3) is 0.444. The Morgan fingerprint density at radius 1 is 0.970 bits per heavy atom. The summed E-state index contributed by atoms with van der Waals surface area (Å²) in [5, 5.41) is 0. The largest absolute Gasteiger partial charge is 0.454 e. The molecule has 6 nitrogen and oxygen atoms in total. The SMILES string of the molecule is c1ccc(COCCCCn2ccnc2C2CCN(Cc3cccc4c3OCO4)CC2)cc1. The van der Waals surface area contributed by atoms with Gasteiger partial charge in [-0.05, 0) is 50.4 Å². The molecule has 6 heteroatoms. The molecule has 5 rings (SSSR count). The minimum atomic E-state index is 0.330. The van der Waals surface area contributed by atoms with E-state index >= 15 is 0 Å². The number of aromatic nitrogens is 2. The Bertz CT molecular complexity index is 1010. The maximum absolute atomic E-state index is 5.83. The number of likely N-dealkylation sites (tertiary alicyclic amines) is 1. The molecule has 1 fully saturated rings. The number of imidazole rings is 1. The van der Waals surface area contributed by atoms with Crippen LogP contribution in [0, 0.1) is 0 Å². The molecule has 2 aliphatic rings. The highest BCUT2D eigenvalue weighted by molar-refractivity contribution is 5.48. The molecule has 0 atom stereocenters. The first-order chi connectivity index (χ1) is 16.4. The summed E-state index contributed by atoms with van der Waals surface area (Å²) >= 11 is 0. The van der Waals surface area contributed by atoms with E-state index in [1.165, 1.54) is 17.0 Å². The van der Waals surface area contributed by atoms with Crippen molar-refractivity contribution in [2.75, 3.05) is 26.5 Å². The number of hydrogen-bond acceptors (Lipinski definition) is 5. The van der Waals surface area contributed by atoms with Crippen LogP contribution >= 0.6 is 0 Å². The lowest BCUT2D eigenvalue weighted by Gasteiger charge is -2.32. The van der Waals surface area contributed by atoms with Gasteiger partial charge in [-0.1, -0.05) is 42.5 Å². The van der Waals surface area contributed by atoms with Crippen LogP contribution in [0.15, 0.2) is 60.9 Å². The number of hydrogen-bond donors (Lipinski definition) is 0. The number of nitrogens with zero attached hydrogens (tertiary/aromatic N) is 3. The van der Waals surface area contributed by atoms with E-state index < -0.39 is 0 Å². The standard InChI is InChI=1S/C27H33N3O3/c1-2-7-22(8-3-1)20-31-18-5-4-14-30-17-13-28-27(30)23-11-15-29(16-12-23)19-24-9-6-10-25-26(24)33-21-32-25/h1-3,6-10,13,17,23H,4-5,11-12,14-16,18-21H2.